The van der Waals surface area contributed by atoms with Gasteiger partial charge in [-0.15, -0.1) is 0 Å². The maximum Gasteiger partial charge on any atom is 0.225 e. The molecular formula is C16H14N4O. The summed E-state index contributed by atoms with van der Waals surface area (Å²) in [4.78, 5) is 12.8. The fraction of sp³-hybridized carbons (Fsp3) is 0.0625. The lowest BCUT2D eigenvalue weighted by Crippen LogP contribution is -1.99. The minimum absolute atomic E-state index is 0.361. The molecule has 0 fully saturated rings. The Balaban J connectivity index is 1.97. The summed E-state index contributed by atoms with van der Waals surface area (Å²) in [6.45, 7) is 1.87. The Labute approximate surface area is 122 Å². The molecule has 5 nitrogen and oxygen atoms in total. The van der Waals surface area contributed by atoms with Crippen LogP contribution in [0, 0.1) is 6.92 Å². The summed E-state index contributed by atoms with van der Waals surface area (Å²) < 4.78 is 5.76. The standard InChI is InChI=1S/C16H14N4O/c1-11-13(8-5-9-18-11)21-15-10-14(17)19-16(20-15)12-6-3-2-4-7-12/h2-10H,1H3,(H2,17,19,20). The van der Waals surface area contributed by atoms with Gasteiger partial charge in [0, 0.05) is 17.8 Å². The van der Waals surface area contributed by atoms with E-state index in [0.717, 1.165) is 11.3 Å². The highest BCUT2D eigenvalue weighted by Gasteiger charge is 2.08. The Kier molecular flexibility index (Phi) is 3.47. The van der Waals surface area contributed by atoms with Crippen LogP contribution in [0.25, 0.3) is 11.4 Å². The van der Waals surface area contributed by atoms with Crippen LogP contribution in [-0.2, 0) is 0 Å². The number of nitrogen functional groups attached to an aromatic ring is 1. The van der Waals surface area contributed by atoms with Crippen LogP contribution in [0.3, 0.4) is 0 Å². The van der Waals surface area contributed by atoms with Gasteiger partial charge >= 0.3 is 0 Å². The number of hydrogen-bond donors (Lipinski definition) is 1. The molecule has 0 aliphatic heterocycles. The first-order valence-electron chi connectivity index (χ1n) is 6.52. The summed E-state index contributed by atoms with van der Waals surface area (Å²) in [5, 5.41) is 0. The second-order valence-corrected chi connectivity index (χ2v) is 4.51. The molecule has 0 aliphatic carbocycles. The first-order chi connectivity index (χ1) is 10.2. The predicted molar refractivity (Wildman–Crippen MR) is 80.9 cm³/mol. The monoisotopic (exact) mass is 278 g/mol. The van der Waals surface area contributed by atoms with Gasteiger partial charge in [-0.2, -0.15) is 4.98 Å². The molecule has 3 aromatic rings. The van der Waals surface area contributed by atoms with E-state index < -0.39 is 0 Å². The minimum atomic E-state index is 0.361. The molecule has 104 valence electrons. The van der Waals surface area contributed by atoms with E-state index in [0.29, 0.717) is 23.3 Å². The number of benzene rings is 1. The molecule has 21 heavy (non-hydrogen) atoms. The van der Waals surface area contributed by atoms with Crippen LogP contribution in [0.2, 0.25) is 0 Å². The molecular weight excluding hydrogens is 264 g/mol. The Bertz CT molecular complexity index is 759. The molecule has 2 heterocycles. The fourth-order valence-electron chi connectivity index (χ4n) is 1.90. The molecule has 0 bridgehead atoms. The molecule has 3 rings (SSSR count). The van der Waals surface area contributed by atoms with Crippen molar-refractivity contribution in [1.82, 2.24) is 15.0 Å². The van der Waals surface area contributed by atoms with Gasteiger partial charge in [-0.05, 0) is 19.1 Å². The average molecular weight is 278 g/mol. The minimum Gasteiger partial charge on any atom is -0.437 e. The van der Waals surface area contributed by atoms with Crippen LogP contribution >= 0.6 is 0 Å². The zero-order valence-electron chi connectivity index (χ0n) is 11.5. The van der Waals surface area contributed by atoms with Crippen molar-refractivity contribution in [2.24, 2.45) is 0 Å². The number of pyridine rings is 1. The first-order valence-corrected chi connectivity index (χ1v) is 6.52. The van der Waals surface area contributed by atoms with E-state index in [9.17, 15) is 0 Å². The molecule has 0 spiro atoms. The van der Waals surface area contributed by atoms with Crippen molar-refractivity contribution >= 4 is 5.82 Å². The van der Waals surface area contributed by atoms with Crippen LogP contribution in [0.5, 0.6) is 11.6 Å². The molecule has 1 aromatic carbocycles. The van der Waals surface area contributed by atoms with Crippen LogP contribution in [-0.4, -0.2) is 15.0 Å². The second kappa shape index (κ2) is 5.58. The van der Waals surface area contributed by atoms with E-state index in [1.54, 1.807) is 12.3 Å². The smallest absolute Gasteiger partial charge is 0.225 e. The van der Waals surface area contributed by atoms with E-state index in [-0.39, 0.29) is 0 Å². The third-order valence-corrected chi connectivity index (χ3v) is 2.93. The zero-order chi connectivity index (χ0) is 14.7. The van der Waals surface area contributed by atoms with Gasteiger partial charge in [-0.3, -0.25) is 4.98 Å². The van der Waals surface area contributed by atoms with Gasteiger partial charge in [0.1, 0.15) is 5.82 Å². The zero-order valence-corrected chi connectivity index (χ0v) is 11.5. The van der Waals surface area contributed by atoms with Crippen molar-refractivity contribution in [3.63, 3.8) is 0 Å². The van der Waals surface area contributed by atoms with Gasteiger partial charge < -0.3 is 10.5 Å². The molecule has 0 radical (unpaired) electrons. The number of nitrogens with zero attached hydrogens (tertiary/aromatic N) is 3. The van der Waals surface area contributed by atoms with Crippen molar-refractivity contribution in [1.29, 1.82) is 0 Å². The van der Waals surface area contributed by atoms with Crippen LogP contribution in [0.15, 0.2) is 54.7 Å². The topological polar surface area (TPSA) is 73.9 Å². The maximum atomic E-state index is 5.84. The highest BCUT2D eigenvalue weighted by atomic mass is 16.5. The van der Waals surface area contributed by atoms with Gasteiger partial charge in [-0.1, -0.05) is 30.3 Å². The number of anilines is 1. The van der Waals surface area contributed by atoms with E-state index in [2.05, 4.69) is 15.0 Å². The quantitative estimate of drug-likeness (QED) is 0.796. The van der Waals surface area contributed by atoms with Gasteiger partial charge in [0.2, 0.25) is 5.88 Å². The summed E-state index contributed by atoms with van der Waals surface area (Å²) in [6.07, 6.45) is 1.71. The predicted octanol–water partition coefficient (Wildman–Crippen LogP) is 3.22. The van der Waals surface area contributed by atoms with Crippen molar-refractivity contribution < 1.29 is 4.74 Å². The summed E-state index contributed by atoms with van der Waals surface area (Å²) in [5.74, 6) is 1.94. The van der Waals surface area contributed by atoms with E-state index >= 15 is 0 Å². The fourth-order valence-corrected chi connectivity index (χ4v) is 1.90. The first kappa shape index (κ1) is 13.1. The van der Waals surface area contributed by atoms with Gasteiger partial charge in [0.15, 0.2) is 11.6 Å². The number of hydrogen-bond acceptors (Lipinski definition) is 5. The SMILES string of the molecule is Cc1ncccc1Oc1cc(N)nc(-c2ccccc2)n1. The average Bonchev–Trinajstić information content (AvgIpc) is 2.50. The van der Waals surface area contributed by atoms with Crippen molar-refractivity contribution in [2.75, 3.05) is 5.73 Å². The van der Waals surface area contributed by atoms with Crippen molar-refractivity contribution in [3.8, 4) is 23.0 Å². The van der Waals surface area contributed by atoms with Gasteiger partial charge in [0.05, 0.1) is 5.69 Å². The van der Waals surface area contributed by atoms with Crippen molar-refractivity contribution in [2.45, 2.75) is 6.92 Å². The molecule has 0 aliphatic rings. The number of ether oxygens (including phenoxy) is 1. The Morgan fingerprint density at radius 1 is 1.00 bits per heavy atom. The normalized spacial score (nSPS) is 10.3. The molecule has 2 N–H and O–H groups in total. The Hall–Kier alpha value is -2.95. The van der Waals surface area contributed by atoms with Gasteiger partial charge in [0.25, 0.3) is 0 Å². The molecule has 5 heteroatoms. The van der Waals surface area contributed by atoms with Crippen LogP contribution in [0.1, 0.15) is 5.69 Å². The largest absolute Gasteiger partial charge is 0.437 e. The third kappa shape index (κ3) is 2.97. The van der Waals surface area contributed by atoms with E-state index in [1.165, 1.54) is 0 Å². The molecule has 0 saturated carbocycles. The highest BCUT2D eigenvalue weighted by Crippen LogP contribution is 2.25. The molecule has 0 atom stereocenters. The summed E-state index contributed by atoms with van der Waals surface area (Å²) in [7, 11) is 0. The Morgan fingerprint density at radius 2 is 1.81 bits per heavy atom. The number of rotatable bonds is 3. The number of aromatic nitrogens is 3. The van der Waals surface area contributed by atoms with E-state index in [4.69, 9.17) is 10.5 Å². The van der Waals surface area contributed by atoms with Crippen LogP contribution in [0.4, 0.5) is 5.82 Å². The maximum absolute atomic E-state index is 5.84. The summed E-state index contributed by atoms with van der Waals surface area (Å²) in [6, 6.07) is 14.9. The Morgan fingerprint density at radius 3 is 2.57 bits per heavy atom. The second-order valence-electron chi connectivity index (χ2n) is 4.51. The highest BCUT2D eigenvalue weighted by molar-refractivity contribution is 5.57. The molecule has 0 saturated heterocycles. The van der Waals surface area contributed by atoms with E-state index in [1.807, 2.05) is 49.4 Å². The summed E-state index contributed by atoms with van der Waals surface area (Å²) >= 11 is 0. The van der Waals surface area contributed by atoms with Crippen molar-refractivity contribution in [3.05, 3.63) is 60.4 Å². The van der Waals surface area contributed by atoms with Gasteiger partial charge in [-0.25, -0.2) is 4.98 Å². The molecule has 0 unspecified atom stereocenters. The third-order valence-electron chi connectivity index (χ3n) is 2.93. The van der Waals surface area contributed by atoms with Crippen LogP contribution < -0.4 is 10.5 Å². The molecule has 0 amide bonds. The lowest BCUT2D eigenvalue weighted by atomic mass is 10.2. The summed E-state index contributed by atoms with van der Waals surface area (Å²) in [5.41, 5.74) is 7.52. The lowest BCUT2D eigenvalue weighted by Gasteiger charge is -2.09. The number of nitrogens with two attached hydrogens (primary N) is 1. The molecule has 2 aromatic heterocycles. The number of aryl methyl sites for hydroxylation is 1. The lowest BCUT2D eigenvalue weighted by molar-refractivity contribution is 0.456.